The summed E-state index contributed by atoms with van der Waals surface area (Å²) < 4.78 is 13.0. The maximum atomic E-state index is 13.0. The number of nitrogens with one attached hydrogen (secondary N) is 2. The Morgan fingerprint density at radius 3 is 2.39 bits per heavy atom. The molecule has 0 unspecified atom stereocenters. The van der Waals surface area contributed by atoms with Crippen LogP contribution in [0.2, 0.25) is 5.02 Å². The summed E-state index contributed by atoms with van der Waals surface area (Å²) in [5, 5.41) is 7.14. The fourth-order valence-electron chi connectivity index (χ4n) is 2.36. The van der Waals surface area contributed by atoms with Crippen LogP contribution >= 0.6 is 11.6 Å². The highest BCUT2D eigenvalue weighted by Gasteiger charge is 2.09. The van der Waals surface area contributed by atoms with Crippen molar-refractivity contribution in [2.45, 2.75) is 0 Å². The number of amides is 2. The molecule has 0 saturated carbocycles. The summed E-state index contributed by atoms with van der Waals surface area (Å²) in [4.78, 5) is 24.4. The molecule has 0 bridgehead atoms. The van der Waals surface area contributed by atoms with Crippen LogP contribution in [-0.2, 0) is 0 Å². The van der Waals surface area contributed by atoms with E-state index in [0.717, 1.165) is 5.56 Å². The van der Waals surface area contributed by atoms with E-state index >= 15 is 0 Å². The first-order valence-electron chi connectivity index (χ1n) is 8.27. The molecule has 3 aromatic carbocycles. The topological polar surface area (TPSA) is 70.6 Å². The molecule has 0 aliphatic rings. The molecule has 7 heteroatoms. The average molecular weight is 396 g/mol. The Morgan fingerprint density at radius 2 is 1.64 bits per heavy atom. The van der Waals surface area contributed by atoms with Crippen molar-refractivity contribution in [1.29, 1.82) is 0 Å². The molecule has 0 radical (unpaired) electrons. The molecule has 28 heavy (non-hydrogen) atoms. The van der Waals surface area contributed by atoms with Crippen molar-refractivity contribution in [3.63, 3.8) is 0 Å². The smallest absolute Gasteiger partial charge is 0.271 e. The SMILES string of the molecule is O=C(N/N=C/c1cccc(Cl)c1)c1cccc(NC(=O)c2ccc(F)cc2)c1. The van der Waals surface area contributed by atoms with E-state index in [1.165, 1.54) is 36.5 Å². The number of hydrogen-bond donors (Lipinski definition) is 2. The Bertz CT molecular complexity index is 1040. The third-order valence-corrected chi connectivity index (χ3v) is 3.95. The molecule has 0 saturated heterocycles. The zero-order chi connectivity index (χ0) is 19.9. The fraction of sp³-hybridized carbons (Fsp3) is 0. The molecule has 0 aliphatic heterocycles. The Balaban J connectivity index is 1.64. The standard InChI is InChI=1S/C21H15ClFN3O2/c22-17-5-1-3-14(11-17)13-24-26-21(28)16-4-2-6-19(12-16)25-20(27)15-7-9-18(23)10-8-15/h1-13H,(H,25,27)(H,26,28)/b24-13+. The van der Waals surface area contributed by atoms with Gasteiger partial charge in [-0.05, 0) is 60.2 Å². The molecule has 140 valence electrons. The molecular formula is C21H15ClFN3O2. The predicted molar refractivity (Wildman–Crippen MR) is 107 cm³/mol. The van der Waals surface area contributed by atoms with Crippen molar-refractivity contribution < 1.29 is 14.0 Å². The minimum Gasteiger partial charge on any atom is -0.322 e. The maximum Gasteiger partial charge on any atom is 0.271 e. The quantitative estimate of drug-likeness (QED) is 0.493. The van der Waals surface area contributed by atoms with Gasteiger partial charge < -0.3 is 5.32 Å². The van der Waals surface area contributed by atoms with Crippen LogP contribution in [-0.4, -0.2) is 18.0 Å². The maximum absolute atomic E-state index is 13.0. The van der Waals surface area contributed by atoms with Gasteiger partial charge in [0.15, 0.2) is 0 Å². The molecule has 0 fully saturated rings. The van der Waals surface area contributed by atoms with Crippen molar-refractivity contribution in [3.05, 3.63) is 100 Å². The summed E-state index contributed by atoms with van der Waals surface area (Å²) in [5.74, 6) is -1.26. The molecule has 0 heterocycles. The zero-order valence-corrected chi connectivity index (χ0v) is 15.3. The lowest BCUT2D eigenvalue weighted by Crippen LogP contribution is -2.18. The van der Waals surface area contributed by atoms with Crippen LogP contribution in [0, 0.1) is 5.82 Å². The minimum absolute atomic E-state index is 0.308. The van der Waals surface area contributed by atoms with Crippen LogP contribution in [0.1, 0.15) is 26.3 Å². The van der Waals surface area contributed by atoms with Gasteiger partial charge in [0.2, 0.25) is 0 Å². The van der Waals surface area contributed by atoms with Crippen LogP contribution in [0.15, 0.2) is 77.9 Å². The monoisotopic (exact) mass is 395 g/mol. The molecule has 0 aliphatic carbocycles. The first-order chi connectivity index (χ1) is 13.5. The van der Waals surface area contributed by atoms with Gasteiger partial charge in [-0.2, -0.15) is 5.10 Å². The Hall–Kier alpha value is -3.51. The summed E-state index contributed by atoms with van der Waals surface area (Å²) in [7, 11) is 0. The van der Waals surface area contributed by atoms with E-state index < -0.39 is 17.6 Å². The minimum atomic E-state index is -0.434. The molecule has 2 amide bonds. The number of hydrogen-bond acceptors (Lipinski definition) is 3. The number of carbonyl (C=O) groups excluding carboxylic acids is 2. The molecule has 3 aromatic rings. The summed E-state index contributed by atoms with van der Waals surface area (Å²) in [6.45, 7) is 0. The van der Waals surface area contributed by atoms with Crippen LogP contribution in [0.3, 0.4) is 0 Å². The summed E-state index contributed by atoms with van der Waals surface area (Å²) in [6, 6.07) is 18.6. The normalized spacial score (nSPS) is 10.6. The van der Waals surface area contributed by atoms with Gasteiger partial charge in [-0.1, -0.05) is 29.8 Å². The lowest BCUT2D eigenvalue weighted by atomic mass is 10.1. The Labute approximate surface area is 165 Å². The van der Waals surface area contributed by atoms with Crippen LogP contribution in [0.5, 0.6) is 0 Å². The third-order valence-electron chi connectivity index (χ3n) is 3.72. The van der Waals surface area contributed by atoms with Gasteiger partial charge in [-0.25, -0.2) is 9.82 Å². The van der Waals surface area contributed by atoms with Gasteiger partial charge in [0.25, 0.3) is 11.8 Å². The van der Waals surface area contributed by atoms with Gasteiger partial charge in [-0.15, -0.1) is 0 Å². The second kappa shape index (κ2) is 8.92. The van der Waals surface area contributed by atoms with Gasteiger partial charge >= 0.3 is 0 Å². The van der Waals surface area contributed by atoms with E-state index in [1.54, 1.807) is 42.5 Å². The molecular weight excluding hydrogens is 381 g/mol. The Kier molecular flexibility index (Phi) is 6.14. The van der Waals surface area contributed by atoms with Crippen LogP contribution in [0.4, 0.5) is 10.1 Å². The van der Waals surface area contributed by atoms with E-state index in [0.29, 0.717) is 21.8 Å². The van der Waals surface area contributed by atoms with E-state index in [1.807, 2.05) is 0 Å². The number of benzene rings is 3. The van der Waals surface area contributed by atoms with E-state index in [-0.39, 0.29) is 0 Å². The molecule has 5 nitrogen and oxygen atoms in total. The highest BCUT2D eigenvalue weighted by molar-refractivity contribution is 6.30. The fourth-order valence-corrected chi connectivity index (χ4v) is 2.56. The van der Waals surface area contributed by atoms with E-state index in [2.05, 4.69) is 15.8 Å². The first kappa shape index (κ1) is 19.3. The van der Waals surface area contributed by atoms with Crippen LogP contribution in [0.25, 0.3) is 0 Å². The first-order valence-corrected chi connectivity index (χ1v) is 8.65. The number of rotatable bonds is 5. The summed E-state index contributed by atoms with van der Waals surface area (Å²) >= 11 is 5.89. The lowest BCUT2D eigenvalue weighted by Gasteiger charge is -2.07. The largest absolute Gasteiger partial charge is 0.322 e. The number of anilines is 1. The molecule has 3 rings (SSSR count). The molecule has 0 spiro atoms. The summed E-state index contributed by atoms with van der Waals surface area (Å²) in [5.41, 5.74) is 4.22. The van der Waals surface area contributed by atoms with Crippen molar-refractivity contribution in [1.82, 2.24) is 5.43 Å². The van der Waals surface area contributed by atoms with Gasteiger partial charge in [0, 0.05) is 21.8 Å². The van der Waals surface area contributed by atoms with Crippen LogP contribution < -0.4 is 10.7 Å². The Morgan fingerprint density at radius 1 is 0.893 bits per heavy atom. The van der Waals surface area contributed by atoms with Gasteiger partial charge in [0.05, 0.1) is 6.21 Å². The zero-order valence-electron chi connectivity index (χ0n) is 14.5. The summed E-state index contributed by atoms with van der Waals surface area (Å²) in [6.07, 6.45) is 1.48. The third kappa shape index (κ3) is 5.25. The average Bonchev–Trinajstić information content (AvgIpc) is 2.68. The second-order valence-corrected chi connectivity index (χ2v) is 6.23. The lowest BCUT2D eigenvalue weighted by molar-refractivity contribution is 0.0953. The van der Waals surface area contributed by atoms with Crippen molar-refractivity contribution in [3.8, 4) is 0 Å². The number of carbonyl (C=O) groups is 2. The number of hydrazone groups is 1. The van der Waals surface area contributed by atoms with Gasteiger partial charge in [0.1, 0.15) is 5.82 Å². The highest BCUT2D eigenvalue weighted by atomic mass is 35.5. The van der Waals surface area contributed by atoms with E-state index in [4.69, 9.17) is 11.6 Å². The predicted octanol–water partition coefficient (Wildman–Crippen LogP) is 4.50. The highest BCUT2D eigenvalue weighted by Crippen LogP contribution is 2.13. The molecule has 2 N–H and O–H groups in total. The molecule has 0 atom stereocenters. The van der Waals surface area contributed by atoms with Crippen molar-refractivity contribution in [2.24, 2.45) is 5.10 Å². The molecule has 0 aromatic heterocycles. The second-order valence-electron chi connectivity index (χ2n) is 5.80. The van der Waals surface area contributed by atoms with Gasteiger partial charge in [-0.3, -0.25) is 9.59 Å². The van der Waals surface area contributed by atoms with Crippen molar-refractivity contribution in [2.75, 3.05) is 5.32 Å². The number of nitrogens with zero attached hydrogens (tertiary/aromatic N) is 1. The van der Waals surface area contributed by atoms with Crippen molar-refractivity contribution >= 4 is 35.3 Å². The van der Waals surface area contributed by atoms with E-state index in [9.17, 15) is 14.0 Å². The number of halogens is 2.